The van der Waals surface area contributed by atoms with Gasteiger partial charge in [0.1, 0.15) is 0 Å². The molecule has 36 heavy (non-hydrogen) atoms. The number of carbonyl (C=O) groups excluding carboxylic acids is 1. The lowest BCUT2D eigenvalue weighted by atomic mass is 10.0. The lowest BCUT2D eigenvalue weighted by molar-refractivity contribution is 0.0942. The molecular formula is C28H28N4O4. The minimum atomic E-state index is -0.199. The Morgan fingerprint density at radius 3 is 2.78 bits per heavy atom. The predicted octanol–water partition coefficient (Wildman–Crippen LogP) is 3.25. The van der Waals surface area contributed by atoms with Gasteiger partial charge in [0, 0.05) is 49.4 Å². The van der Waals surface area contributed by atoms with E-state index in [0.29, 0.717) is 31.9 Å². The highest BCUT2D eigenvalue weighted by molar-refractivity contribution is 5.94. The standard InChI is InChI=1S/C28H28N4O4/c33-14-13-32-24-11-12-31(16-21-8-4-10-25-27(21)36-18-35-25)17-23(24)26(30-32)28(34)29-15-20-7-3-6-19-5-1-2-9-22(19)20/h1-10,33H,11-18H2,(H,29,34). The number of rotatable bonds is 7. The Hall–Kier alpha value is -3.88. The summed E-state index contributed by atoms with van der Waals surface area (Å²) in [6.45, 7) is 3.12. The topological polar surface area (TPSA) is 88.9 Å². The zero-order valence-electron chi connectivity index (χ0n) is 19.9. The number of aliphatic hydroxyl groups excluding tert-OH is 1. The number of aromatic nitrogens is 2. The Bertz CT molecular complexity index is 1430. The zero-order valence-corrected chi connectivity index (χ0v) is 19.9. The molecule has 3 heterocycles. The van der Waals surface area contributed by atoms with Gasteiger partial charge in [0.2, 0.25) is 6.79 Å². The summed E-state index contributed by atoms with van der Waals surface area (Å²) in [5.74, 6) is 1.37. The van der Waals surface area contributed by atoms with Crippen molar-refractivity contribution in [3.8, 4) is 11.5 Å². The first-order valence-electron chi connectivity index (χ1n) is 12.3. The predicted molar refractivity (Wildman–Crippen MR) is 135 cm³/mol. The van der Waals surface area contributed by atoms with Crippen LogP contribution in [0.3, 0.4) is 0 Å². The van der Waals surface area contributed by atoms with Crippen molar-refractivity contribution < 1.29 is 19.4 Å². The molecule has 8 heteroatoms. The summed E-state index contributed by atoms with van der Waals surface area (Å²) in [7, 11) is 0. The summed E-state index contributed by atoms with van der Waals surface area (Å²) < 4.78 is 13.0. The molecule has 0 saturated heterocycles. The van der Waals surface area contributed by atoms with Crippen LogP contribution in [-0.2, 0) is 32.6 Å². The minimum Gasteiger partial charge on any atom is -0.454 e. The highest BCUT2D eigenvalue weighted by Crippen LogP contribution is 2.36. The van der Waals surface area contributed by atoms with Crippen LogP contribution in [0.5, 0.6) is 11.5 Å². The maximum atomic E-state index is 13.4. The smallest absolute Gasteiger partial charge is 0.272 e. The third-order valence-electron chi connectivity index (χ3n) is 6.93. The first kappa shape index (κ1) is 22.6. The van der Waals surface area contributed by atoms with E-state index in [9.17, 15) is 9.90 Å². The van der Waals surface area contributed by atoms with E-state index in [1.54, 1.807) is 4.68 Å². The van der Waals surface area contributed by atoms with E-state index in [1.807, 2.05) is 36.4 Å². The Balaban J connectivity index is 1.23. The highest BCUT2D eigenvalue weighted by atomic mass is 16.7. The van der Waals surface area contributed by atoms with Crippen molar-refractivity contribution in [2.24, 2.45) is 0 Å². The van der Waals surface area contributed by atoms with E-state index >= 15 is 0 Å². The number of nitrogens with one attached hydrogen (secondary N) is 1. The minimum absolute atomic E-state index is 0.0254. The number of para-hydroxylation sites is 1. The quantitative estimate of drug-likeness (QED) is 0.419. The van der Waals surface area contributed by atoms with Gasteiger partial charge in [-0.2, -0.15) is 5.10 Å². The summed E-state index contributed by atoms with van der Waals surface area (Å²) in [5, 5.41) is 19.5. The number of amides is 1. The van der Waals surface area contributed by atoms with Crippen LogP contribution in [0.1, 0.15) is 32.9 Å². The normalized spacial score (nSPS) is 14.7. The molecule has 0 unspecified atom stereocenters. The summed E-state index contributed by atoms with van der Waals surface area (Å²) in [4.78, 5) is 15.7. The van der Waals surface area contributed by atoms with Gasteiger partial charge in [-0.3, -0.25) is 14.4 Å². The van der Waals surface area contributed by atoms with E-state index in [-0.39, 0.29) is 19.3 Å². The first-order chi connectivity index (χ1) is 17.7. The number of aliphatic hydroxyl groups is 1. The van der Waals surface area contributed by atoms with E-state index < -0.39 is 0 Å². The Morgan fingerprint density at radius 1 is 1.03 bits per heavy atom. The summed E-state index contributed by atoms with van der Waals surface area (Å²) in [6, 6.07) is 20.2. The van der Waals surface area contributed by atoms with Crippen LogP contribution in [0, 0.1) is 0 Å². The van der Waals surface area contributed by atoms with Gasteiger partial charge in [-0.1, -0.05) is 54.6 Å². The van der Waals surface area contributed by atoms with E-state index in [0.717, 1.165) is 57.6 Å². The molecule has 184 valence electrons. The third kappa shape index (κ3) is 4.19. The van der Waals surface area contributed by atoms with Crippen molar-refractivity contribution in [1.82, 2.24) is 20.0 Å². The number of benzene rings is 3. The maximum Gasteiger partial charge on any atom is 0.272 e. The van der Waals surface area contributed by atoms with Crippen LogP contribution in [0.4, 0.5) is 0 Å². The molecular weight excluding hydrogens is 456 g/mol. The molecule has 2 aliphatic rings. The van der Waals surface area contributed by atoms with E-state index in [1.165, 1.54) is 0 Å². The van der Waals surface area contributed by atoms with E-state index in [2.05, 4.69) is 39.6 Å². The van der Waals surface area contributed by atoms with Crippen LogP contribution < -0.4 is 14.8 Å². The van der Waals surface area contributed by atoms with Crippen molar-refractivity contribution in [2.75, 3.05) is 19.9 Å². The van der Waals surface area contributed by atoms with Gasteiger partial charge in [-0.25, -0.2) is 0 Å². The second kappa shape index (κ2) is 9.64. The Kier molecular flexibility index (Phi) is 6.04. The molecule has 2 N–H and O–H groups in total. The lowest BCUT2D eigenvalue weighted by Gasteiger charge is -2.28. The van der Waals surface area contributed by atoms with Gasteiger partial charge in [-0.05, 0) is 22.4 Å². The SMILES string of the molecule is O=C(NCc1cccc2ccccc12)c1nn(CCO)c2c1CN(Cc1cccc3c1OCO3)CC2. The summed E-state index contributed by atoms with van der Waals surface area (Å²) in [5.41, 5.74) is 4.51. The number of hydrogen-bond donors (Lipinski definition) is 2. The molecule has 2 aliphatic heterocycles. The van der Waals surface area contributed by atoms with Crippen molar-refractivity contribution in [3.05, 3.63) is 88.7 Å². The number of hydrogen-bond acceptors (Lipinski definition) is 6. The molecule has 3 aromatic carbocycles. The fraction of sp³-hybridized carbons (Fsp3) is 0.286. The molecule has 1 amide bonds. The monoisotopic (exact) mass is 484 g/mol. The van der Waals surface area contributed by atoms with Crippen LogP contribution in [-0.4, -0.2) is 45.6 Å². The molecule has 1 aromatic heterocycles. The number of carbonyl (C=O) groups is 1. The first-order valence-corrected chi connectivity index (χ1v) is 12.3. The third-order valence-corrected chi connectivity index (χ3v) is 6.93. The molecule has 0 aliphatic carbocycles. The van der Waals surface area contributed by atoms with Crippen molar-refractivity contribution in [1.29, 1.82) is 0 Å². The summed E-state index contributed by atoms with van der Waals surface area (Å²) >= 11 is 0. The van der Waals surface area contributed by atoms with Gasteiger partial charge < -0.3 is 19.9 Å². The average molecular weight is 485 g/mol. The average Bonchev–Trinajstić information content (AvgIpc) is 3.53. The van der Waals surface area contributed by atoms with Crippen LogP contribution >= 0.6 is 0 Å². The lowest BCUT2D eigenvalue weighted by Crippen LogP contribution is -2.32. The van der Waals surface area contributed by atoms with Crippen LogP contribution in [0.2, 0.25) is 0 Å². The van der Waals surface area contributed by atoms with Gasteiger partial charge >= 0.3 is 0 Å². The fourth-order valence-corrected chi connectivity index (χ4v) is 5.21. The number of nitrogens with zero attached hydrogens (tertiary/aromatic N) is 3. The summed E-state index contributed by atoms with van der Waals surface area (Å²) in [6.07, 6.45) is 0.755. The molecule has 6 rings (SSSR count). The largest absolute Gasteiger partial charge is 0.454 e. The molecule has 0 bridgehead atoms. The van der Waals surface area contributed by atoms with E-state index in [4.69, 9.17) is 9.47 Å². The molecule has 8 nitrogen and oxygen atoms in total. The molecule has 0 spiro atoms. The molecule has 0 saturated carbocycles. The van der Waals surface area contributed by atoms with Gasteiger partial charge in [0.05, 0.1) is 13.2 Å². The van der Waals surface area contributed by atoms with Crippen LogP contribution in [0.25, 0.3) is 10.8 Å². The van der Waals surface area contributed by atoms with Gasteiger partial charge in [0.15, 0.2) is 17.2 Å². The van der Waals surface area contributed by atoms with Crippen molar-refractivity contribution in [3.63, 3.8) is 0 Å². The second-order valence-electron chi connectivity index (χ2n) is 9.15. The van der Waals surface area contributed by atoms with Crippen LogP contribution in [0.15, 0.2) is 60.7 Å². The molecule has 0 atom stereocenters. The molecule has 4 aromatic rings. The van der Waals surface area contributed by atoms with Gasteiger partial charge in [0.25, 0.3) is 5.91 Å². The number of fused-ring (bicyclic) bond motifs is 3. The Morgan fingerprint density at radius 2 is 1.86 bits per heavy atom. The Labute approximate surface area is 209 Å². The zero-order chi connectivity index (χ0) is 24.5. The second-order valence-corrected chi connectivity index (χ2v) is 9.15. The maximum absolute atomic E-state index is 13.4. The number of ether oxygens (including phenoxy) is 2. The molecule has 0 fully saturated rings. The van der Waals surface area contributed by atoms with Gasteiger partial charge in [-0.15, -0.1) is 0 Å². The van der Waals surface area contributed by atoms with Crippen molar-refractivity contribution >= 4 is 16.7 Å². The molecule has 0 radical (unpaired) electrons. The highest BCUT2D eigenvalue weighted by Gasteiger charge is 2.29. The van der Waals surface area contributed by atoms with Crippen molar-refractivity contribution in [2.45, 2.75) is 32.6 Å². The fourth-order valence-electron chi connectivity index (χ4n) is 5.21.